The number of aromatic nitrogens is 2. The standard InChI is InChI=1S/C16H12F2N2O3S/c1-3-23-16(22)10-6-20(14-7-24-19-8(14)2)13-5-12(18)11(17)4-9(13)15(10)21/h4-7H,3H2,1-2H3. The van der Waals surface area contributed by atoms with Crippen LogP contribution in [-0.2, 0) is 4.74 Å². The topological polar surface area (TPSA) is 61.2 Å². The molecule has 0 radical (unpaired) electrons. The van der Waals surface area contributed by atoms with Crippen LogP contribution in [-0.4, -0.2) is 21.5 Å². The Balaban J connectivity index is 2.43. The molecule has 0 amide bonds. The van der Waals surface area contributed by atoms with E-state index in [9.17, 15) is 18.4 Å². The van der Waals surface area contributed by atoms with Crippen LogP contribution in [0.4, 0.5) is 8.78 Å². The van der Waals surface area contributed by atoms with Crippen LogP contribution in [0.25, 0.3) is 16.6 Å². The molecule has 3 aromatic rings. The summed E-state index contributed by atoms with van der Waals surface area (Å²) in [6.45, 7) is 3.44. The van der Waals surface area contributed by atoms with Gasteiger partial charge in [-0.25, -0.2) is 13.6 Å². The quantitative estimate of drug-likeness (QED) is 0.681. The van der Waals surface area contributed by atoms with E-state index in [2.05, 4.69) is 4.37 Å². The van der Waals surface area contributed by atoms with Gasteiger partial charge in [-0.15, -0.1) is 0 Å². The fraction of sp³-hybridized carbons (Fsp3) is 0.188. The van der Waals surface area contributed by atoms with Crippen molar-refractivity contribution in [3.63, 3.8) is 0 Å². The average molecular weight is 350 g/mol. The number of halogens is 2. The minimum atomic E-state index is -1.16. The first-order valence-corrected chi connectivity index (χ1v) is 7.90. The molecule has 0 aliphatic carbocycles. The predicted octanol–water partition coefficient (Wildman–Crippen LogP) is 3.21. The summed E-state index contributed by atoms with van der Waals surface area (Å²) < 4.78 is 37.8. The summed E-state index contributed by atoms with van der Waals surface area (Å²) in [4.78, 5) is 24.6. The summed E-state index contributed by atoms with van der Waals surface area (Å²) >= 11 is 1.17. The first kappa shape index (κ1) is 16.3. The van der Waals surface area contributed by atoms with Gasteiger partial charge in [0.25, 0.3) is 0 Å². The molecule has 0 atom stereocenters. The normalized spacial score (nSPS) is 11.0. The minimum Gasteiger partial charge on any atom is -0.462 e. The zero-order valence-electron chi connectivity index (χ0n) is 12.8. The van der Waals surface area contributed by atoms with Gasteiger partial charge in [0.15, 0.2) is 11.6 Å². The zero-order chi connectivity index (χ0) is 17.4. The van der Waals surface area contributed by atoms with Crippen molar-refractivity contribution in [2.24, 2.45) is 0 Å². The van der Waals surface area contributed by atoms with Crippen molar-refractivity contribution in [2.45, 2.75) is 13.8 Å². The molecule has 2 heterocycles. The van der Waals surface area contributed by atoms with E-state index in [1.165, 1.54) is 22.3 Å². The molecule has 3 rings (SSSR count). The molecule has 0 unspecified atom stereocenters. The molecule has 0 fully saturated rings. The Hall–Kier alpha value is -2.61. The molecule has 0 aliphatic rings. The van der Waals surface area contributed by atoms with Crippen molar-refractivity contribution in [3.8, 4) is 5.69 Å². The minimum absolute atomic E-state index is 0.0904. The van der Waals surface area contributed by atoms with Gasteiger partial charge in [0.1, 0.15) is 5.56 Å². The van der Waals surface area contributed by atoms with Crippen molar-refractivity contribution in [1.29, 1.82) is 0 Å². The summed E-state index contributed by atoms with van der Waals surface area (Å²) in [6.07, 6.45) is 1.27. The van der Waals surface area contributed by atoms with Crippen molar-refractivity contribution in [3.05, 3.63) is 56.8 Å². The van der Waals surface area contributed by atoms with Crippen molar-refractivity contribution < 1.29 is 18.3 Å². The molecule has 24 heavy (non-hydrogen) atoms. The maximum atomic E-state index is 13.7. The summed E-state index contributed by atoms with van der Waals surface area (Å²) in [5.41, 5.74) is 0.390. The van der Waals surface area contributed by atoms with Crippen molar-refractivity contribution in [1.82, 2.24) is 8.94 Å². The van der Waals surface area contributed by atoms with Crippen LogP contribution in [0, 0.1) is 18.6 Å². The van der Waals surface area contributed by atoms with Gasteiger partial charge in [0.05, 0.1) is 28.9 Å². The van der Waals surface area contributed by atoms with Gasteiger partial charge in [0, 0.05) is 17.6 Å². The number of hydrogen-bond acceptors (Lipinski definition) is 5. The van der Waals surface area contributed by atoms with Crippen molar-refractivity contribution >= 4 is 28.4 Å². The monoisotopic (exact) mass is 350 g/mol. The van der Waals surface area contributed by atoms with E-state index in [-0.39, 0.29) is 23.1 Å². The molecular formula is C16H12F2N2O3S. The Labute approximate surface area is 139 Å². The zero-order valence-corrected chi connectivity index (χ0v) is 13.6. The molecule has 8 heteroatoms. The smallest absolute Gasteiger partial charge is 0.343 e. The lowest BCUT2D eigenvalue weighted by molar-refractivity contribution is 0.0524. The number of rotatable bonds is 3. The Morgan fingerprint density at radius 3 is 2.67 bits per heavy atom. The molecule has 0 saturated heterocycles. The van der Waals surface area contributed by atoms with Crippen molar-refractivity contribution in [2.75, 3.05) is 6.61 Å². The molecule has 1 aromatic carbocycles. The molecule has 5 nitrogen and oxygen atoms in total. The largest absolute Gasteiger partial charge is 0.462 e. The number of aryl methyl sites for hydroxylation is 1. The summed E-state index contributed by atoms with van der Waals surface area (Å²) in [6, 6.07) is 1.72. The van der Waals surface area contributed by atoms with Crippen LogP contribution in [0.1, 0.15) is 23.0 Å². The lowest BCUT2D eigenvalue weighted by atomic mass is 10.1. The number of esters is 1. The number of nitrogens with zero attached hydrogens (tertiary/aromatic N) is 2. The van der Waals surface area contributed by atoms with E-state index in [1.807, 2.05) is 0 Å². The third-order valence-corrected chi connectivity index (χ3v) is 4.23. The van der Waals surface area contributed by atoms with Gasteiger partial charge in [-0.1, -0.05) is 0 Å². The predicted molar refractivity (Wildman–Crippen MR) is 85.8 cm³/mol. The highest BCUT2D eigenvalue weighted by Gasteiger charge is 2.20. The van der Waals surface area contributed by atoms with Gasteiger partial charge in [-0.2, -0.15) is 4.37 Å². The fourth-order valence-electron chi connectivity index (χ4n) is 2.39. The van der Waals surface area contributed by atoms with Crippen LogP contribution in [0.2, 0.25) is 0 Å². The summed E-state index contributed by atoms with van der Waals surface area (Å²) in [5, 5.41) is 1.58. The molecule has 0 N–H and O–H groups in total. The number of carbonyl (C=O) groups is 1. The average Bonchev–Trinajstić information content (AvgIpc) is 2.96. The second-order valence-corrected chi connectivity index (χ2v) is 5.66. The Kier molecular flexibility index (Phi) is 4.15. The maximum absolute atomic E-state index is 13.7. The van der Waals surface area contributed by atoms with E-state index in [1.54, 1.807) is 19.2 Å². The van der Waals surface area contributed by atoms with Gasteiger partial charge in [-0.05, 0) is 31.4 Å². The SMILES string of the molecule is CCOC(=O)c1cn(-c2csnc2C)c2cc(F)c(F)cc2c1=O. The molecular weight excluding hydrogens is 338 g/mol. The Bertz CT molecular complexity index is 1010. The number of hydrogen-bond donors (Lipinski definition) is 0. The number of ether oxygens (including phenoxy) is 1. The number of carbonyl (C=O) groups excluding carboxylic acids is 1. The van der Waals surface area contributed by atoms with Gasteiger partial charge in [0.2, 0.25) is 5.43 Å². The van der Waals surface area contributed by atoms with E-state index in [0.717, 1.165) is 12.1 Å². The van der Waals surface area contributed by atoms with E-state index < -0.39 is 23.0 Å². The second kappa shape index (κ2) is 6.12. The third-order valence-electron chi connectivity index (χ3n) is 3.53. The van der Waals surface area contributed by atoms with Crippen LogP contribution in [0.5, 0.6) is 0 Å². The maximum Gasteiger partial charge on any atom is 0.343 e. The lowest BCUT2D eigenvalue weighted by Gasteiger charge is -2.13. The highest BCUT2D eigenvalue weighted by Crippen LogP contribution is 2.23. The van der Waals surface area contributed by atoms with E-state index in [4.69, 9.17) is 4.74 Å². The molecule has 124 valence electrons. The molecule has 0 bridgehead atoms. The highest BCUT2D eigenvalue weighted by atomic mass is 32.1. The number of pyridine rings is 1. The second-order valence-electron chi connectivity index (χ2n) is 5.03. The Morgan fingerprint density at radius 1 is 1.33 bits per heavy atom. The molecule has 0 aliphatic heterocycles. The fourth-order valence-corrected chi connectivity index (χ4v) is 3.08. The van der Waals surface area contributed by atoms with Crippen LogP contribution >= 0.6 is 11.5 Å². The highest BCUT2D eigenvalue weighted by molar-refractivity contribution is 7.04. The van der Waals surface area contributed by atoms with Gasteiger partial charge in [-0.3, -0.25) is 4.79 Å². The lowest BCUT2D eigenvalue weighted by Crippen LogP contribution is -2.21. The molecule has 2 aromatic heterocycles. The summed E-state index contributed by atoms with van der Waals surface area (Å²) in [5.74, 6) is -3.06. The van der Waals surface area contributed by atoms with Crippen LogP contribution < -0.4 is 5.43 Å². The van der Waals surface area contributed by atoms with E-state index >= 15 is 0 Å². The number of fused-ring (bicyclic) bond motifs is 1. The number of benzene rings is 1. The Morgan fingerprint density at radius 2 is 2.04 bits per heavy atom. The third kappa shape index (κ3) is 2.58. The van der Waals surface area contributed by atoms with Gasteiger partial charge < -0.3 is 9.30 Å². The summed E-state index contributed by atoms with van der Waals surface area (Å²) in [7, 11) is 0. The van der Waals surface area contributed by atoms with Crippen LogP contribution in [0.3, 0.4) is 0 Å². The molecule has 0 spiro atoms. The molecule has 0 saturated carbocycles. The first-order chi connectivity index (χ1) is 11.4. The van der Waals surface area contributed by atoms with Crippen LogP contribution in [0.15, 0.2) is 28.5 Å². The first-order valence-electron chi connectivity index (χ1n) is 7.07. The van der Waals surface area contributed by atoms with Gasteiger partial charge >= 0.3 is 5.97 Å². The van der Waals surface area contributed by atoms with E-state index in [0.29, 0.717) is 11.4 Å².